The van der Waals surface area contributed by atoms with E-state index in [1.54, 1.807) is 0 Å². The van der Waals surface area contributed by atoms with E-state index >= 15 is 0 Å². The third-order valence-electron chi connectivity index (χ3n) is 6.47. The first-order valence-electron chi connectivity index (χ1n) is 11.2. The standard InChI is InChI=1S/C23H33F3NO3S2/c1-22(2,3)21(31-15-13-27(14-16-31)32(29,30)23(24,25)26)20(28)19-11-9-18(10-12-19)17-7-5-4-6-8-17/h9-12,17,21H,4-8,13-16H2,1-3H3/q+1. The van der Waals surface area contributed by atoms with E-state index in [-0.39, 0.29) is 41.0 Å². The smallest absolute Gasteiger partial charge is 0.288 e. The van der Waals surface area contributed by atoms with Crippen molar-refractivity contribution < 1.29 is 26.4 Å². The molecule has 1 saturated heterocycles. The fraction of sp³-hybridized carbons (Fsp3) is 0.696. The van der Waals surface area contributed by atoms with Crippen molar-refractivity contribution in [1.29, 1.82) is 0 Å². The second-order valence-corrected chi connectivity index (χ2v) is 14.2. The molecule has 2 fully saturated rings. The average Bonchev–Trinajstić information content (AvgIpc) is 2.73. The minimum atomic E-state index is -5.32. The minimum Gasteiger partial charge on any atom is -0.288 e. The summed E-state index contributed by atoms with van der Waals surface area (Å²) in [4.78, 5) is 13.5. The van der Waals surface area contributed by atoms with Crippen LogP contribution in [0.2, 0.25) is 0 Å². The Morgan fingerprint density at radius 2 is 1.53 bits per heavy atom. The Hall–Kier alpha value is -1.06. The van der Waals surface area contributed by atoms with Crippen LogP contribution in [0.5, 0.6) is 0 Å². The van der Waals surface area contributed by atoms with Crippen molar-refractivity contribution in [1.82, 2.24) is 4.31 Å². The van der Waals surface area contributed by atoms with E-state index in [1.807, 2.05) is 45.0 Å². The summed E-state index contributed by atoms with van der Waals surface area (Å²) in [6.45, 7) is 5.50. The van der Waals surface area contributed by atoms with Gasteiger partial charge in [-0.1, -0.05) is 64.3 Å². The Morgan fingerprint density at radius 3 is 2.00 bits per heavy atom. The van der Waals surface area contributed by atoms with Crippen LogP contribution in [-0.2, 0) is 20.9 Å². The zero-order valence-electron chi connectivity index (χ0n) is 19.0. The van der Waals surface area contributed by atoms with Crippen LogP contribution in [0.3, 0.4) is 0 Å². The van der Waals surface area contributed by atoms with E-state index < -0.39 is 26.4 Å². The summed E-state index contributed by atoms with van der Waals surface area (Å²) in [6, 6.07) is 7.87. The molecule has 1 unspecified atom stereocenters. The van der Waals surface area contributed by atoms with Crippen molar-refractivity contribution in [2.45, 2.75) is 69.6 Å². The Kier molecular flexibility index (Phi) is 7.72. The molecular weight excluding hydrogens is 459 g/mol. The van der Waals surface area contributed by atoms with E-state index in [0.29, 0.717) is 15.8 Å². The van der Waals surface area contributed by atoms with E-state index in [4.69, 9.17) is 0 Å². The summed E-state index contributed by atoms with van der Waals surface area (Å²) in [5.74, 6) is 1.09. The van der Waals surface area contributed by atoms with Crippen LogP contribution < -0.4 is 0 Å². The van der Waals surface area contributed by atoms with Crippen LogP contribution in [0, 0.1) is 5.41 Å². The maximum atomic E-state index is 13.5. The SMILES string of the molecule is CC(C)(C)C(C(=O)c1ccc(C2CCCCC2)cc1)[S+]1CCN(S(=O)(=O)C(F)(F)F)CC1. The van der Waals surface area contributed by atoms with E-state index in [9.17, 15) is 26.4 Å². The summed E-state index contributed by atoms with van der Waals surface area (Å²) >= 11 is 0. The summed E-state index contributed by atoms with van der Waals surface area (Å²) < 4.78 is 62.7. The fourth-order valence-corrected chi connectivity index (χ4v) is 9.04. The first-order valence-corrected chi connectivity index (χ1v) is 14.3. The topological polar surface area (TPSA) is 54.5 Å². The van der Waals surface area contributed by atoms with Gasteiger partial charge in [0.2, 0.25) is 5.78 Å². The van der Waals surface area contributed by atoms with Crippen molar-refractivity contribution in [3.63, 3.8) is 0 Å². The van der Waals surface area contributed by atoms with E-state index in [2.05, 4.69) is 0 Å². The number of alkyl halides is 3. The summed E-state index contributed by atoms with van der Waals surface area (Å²) in [6.07, 6.45) is 6.12. The van der Waals surface area contributed by atoms with Crippen LogP contribution in [0.15, 0.2) is 24.3 Å². The minimum absolute atomic E-state index is 0.00292. The maximum absolute atomic E-state index is 13.5. The highest BCUT2D eigenvalue weighted by Crippen LogP contribution is 2.36. The first kappa shape index (κ1) is 25.6. The number of Topliss-reactive ketones (excluding diaryl/α,β-unsaturated/α-hetero) is 1. The monoisotopic (exact) mass is 492 g/mol. The molecule has 1 atom stereocenters. The molecule has 0 radical (unpaired) electrons. The second-order valence-electron chi connectivity index (χ2n) is 9.86. The molecule has 0 spiro atoms. The predicted molar refractivity (Wildman–Crippen MR) is 123 cm³/mol. The zero-order valence-corrected chi connectivity index (χ0v) is 20.6. The van der Waals surface area contributed by atoms with Gasteiger partial charge in [0.05, 0.1) is 13.1 Å². The lowest BCUT2D eigenvalue weighted by Gasteiger charge is -2.34. The first-order chi connectivity index (χ1) is 14.8. The molecule has 9 heteroatoms. The van der Waals surface area contributed by atoms with Crippen molar-refractivity contribution >= 4 is 26.7 Å². The Balaban J connectivity index is 1.74. The highest BCUT2D eigenvalue weighted by atomic mass is 32.2. The Bertz CT molecular complexity index is 894. The molecule has 1 aliphatic heterocycles. The maximum Gasteiger partial charge on any atom is 0.511 e. The third-order valence-corrected chi connectivity index (χ3v) is 11.1. The highest BCUT2D eigenvalue weighted by Gasteiger charge is 2.54. The molecule has 0 bridgehead atoms. The van der Waals surface area contributed by atoms with Crippen molar-refractivity contribution in [2.24, 2.45) is 5.41 Å². The molecule has 1 aliphatic carbocycles. The number of hydrogen-bond acceptors (Lipinski definition) is 3. The van der Waals surface area contributed by atoms with Gasteiger partial charge in [-0.2, -0.15) is 17.5 Å². The third kappa shape index (κ3) is 5.53. The number of carbonyl (C=O) groups is 1. The largest absolute Gasteiger partial charge is 0.511 e. The molecule has 0 amide bonds. The van der Waals surface area contributed by atoms with E-state index in [1.165, 1.54) is 37.7 Å². The number of carbonyl (C=O) groups excluding carboxylic acids is 1. The lowest BCUT2D eigenvalue weighted by molar-refractivity contribution is -0.0487. The highest BCUT2D eigenvalue weighted by molar-refractivity contribution is 7.98. The Labute approximate surface area is 192 Å². The Morgan fingerprint density at radius 1 is 1.00 bits per heavy atom. The van der Waals surface area contributed by atoms with Gasteiger partial charge in [0.1, 0.15) is 11.5 Å². The number of sulfonamides is 1. The molecule has 0 N–H and O–H groups in total. The average molecular weight is 493 g/mol. The zero-order chi connectivity index (χ0) is 23.7. The van der Waals surface area contributed by atoms with Crippen LogP contribution in [0.4, 0.5) is 13.2 Å². The number of ketones is 1. The quantitative estimate of drug-likeness (QED) is 0.424. The van der Waals surface area contributed by atoms with Gasteiger partial charge in [-0.25, -0.2) is 8.42 Å². The molecule has 1 heterocycles. The van der Waals surface area contributed by atoms with Gasteiger partial charge in [-0.05, 0) is 24.3 Å². The van der Waals surface area contributed by atoms with Gasteiger partial charge in [0, 0.05) is 21.9 Å². The molecule has 3 rings (SSSR count). The van der Waals surface area contributed by atoms with Gasteiger partial charge >= 0.3 is 15.5 Å². The number of halogens is 3. The molecule has 1 saturated carbocycles. The lowest BCUT2D eigenvalue weighted by atomic mass is 9.83. The molecule has 180 valence electrons. The molecular formula is C23H33F3NO3S2+. The van der Waals surface area contributed by atoms with Crippen molar-refractivity contribution in [3.8, 4) is 0 Å². The number of benzene rings is 1. The fourth-order valence-electron chi connectivity index (χ4n) is 4.83. The van der Waals surface area contributed by atoms with Crippen molar-refractivity contribution in [3.05, 3.63) is 35.4 Å². The molecule has 1 aromatic rings. The normalized spacial score (nSPS) is 21.4. The number of nitrogens with zero attached hydrogens (tertiary/aromatic N) is 1. The van der Waals surface area contributed by atoms with Gasteiger partial charge in [-0.15, -0.1) is 0 Å². The van der Waals surface area contributed by atoms with Crippen LogP contribution >= 0.6 is 0 Å². The molecule has 0 aromatic heterocycles. The van der Waals surface area contributed by atoms with Gasteiger partial charge < -0.3 is 0 Å². The summed E-state index contributed by atoms with van der Waals surface area (Å²) in [5.41, 5.74) is -3.78. The number of hydrogen-bond donors (Lipinski definition) is 0. The van der Waals surface area contributed by atoms with Gasteiger partial charge in [0.25, 0.3) is 0 Å². The predicted octanol–water partition coefficient (Wildman–Crippen LogP) is 5.12. The van der Waals surface area contributed by atoms with Gasteiger partial charge in [0.15, 0.2) is 5.25 Å². The van der Waals surface area contributed by atoms with Gasteiger partial charge in [-0.3, -0.25) is 4.79 Å². The molecule has 1 aromatic carbocycles. The van der Waals surface area contributed by atoms with E-state index in [0.717, 1.165) is 0 Å². The molecule has 32 heavy (non-hydrogen) atoms. The van der Waals surface area contributed by atoms with Crippen LogP contribution in [0.25, 0.3) is 0 Å². The summed E-state index contributed by atoms with van der Waals surface area (Å²) in [7, 11) is -5.82. The number of rotatable bonds is 5. The lowest BCUT2D eigenvalue weighted by Crippen LogP contribution is -2.54. The molecule has 2 aliphatic rings. The molecule has 4 nitrogen and oxygen atoms in total. The van der Waals surface area contributed by atoms with Crippen LogP contribution in [-0.4, -0.2) is 53.9 Å². The van der Waals surface area contributed by atoms with Crippen LogP contribution in [0.1, 0.15) is 74.7 Å². The second kappa shape index (κ2) is 9.66. The summed E-state index contributed by atoms with van der Waals surface area (Å²) in [5, 5.41) is -0.362. The van der Waals surface area contributed by atoms with Crippen molar-refractivity contribution in [2.75, 3.05) is 24.6 Å².